The Kier molecular flexibility index (Phi) is 6.37. The van der Waals surface area contributed by atoms with Gasteiger partial charge in [0.25, 0.3) is 17.9 Å². The van der Waals surface area contributed by atoms with Crippen molar-refractivity contribution in [1.29, 1.82) is 0 Å². The van der Waals surface area contributed by atoms with Crippen molar-refractivity contribution in [3.8, 4) is 0 Å². The van der Waals surface area contributed by atoms with Gasteiger partial charge in [0.2, 0.25) is 5.76 Å². The van der Waals surface area contributed by atoms with Crippen molar-refractivity contribution in [3.05, 3.63) is 58.3 Å². The maximum Gasteiger partial charge on any atom is 0.286 e. The fraction of sp³-hybridized carbons (Fsp3) is 0.320. The number of rotatable bonds is 4. The Hall–Kier alpha value is -3.37. The summed E-state index contributed by atoms with van der Waals surface area (Å²) in [6.45, 7) is 7.69. The molecule has 9 nitrogen and oxygen atoms in total. The van der Waals surface area contributed by atoms with Crippen molar-refractivity contribution >= 4 is 56.2 Å². The number of hydrogen-bond acceptors (Lipinski definition) is 6. The van der Waals surface area contributed by atoms with Gasteiger partial charge in [-0.3, -0.25) is 14.1 Å². The lowest BCUT2D eigenvalue weighted by molar-refractivity contribution is -0.920. The molecule has 10 heteroatoms. The SMILES string of the molecule is CC(C)(C)[N+]1(C(=O)[O-])CCN(c2ccc(C(=O)Nc3c(C(N)=O)oc4ccc(Br)cc34)cc2)CC1. The van der Waals surface area contributed by atoms with Gasteiger partial charge in [-0.25, -0.2) is 0 Å². The number of fused-ring (bicyclic) bond motifs is 1. The minimum Gasteiger partial charge on any atom is -0.498 e. The summed E-state index contributed by atoms with van der Waals surface area (Å²) >= 11 is 3.38. The molecule has 0 radical (unpaired) electrons. The van der Waals surface area contributed by atoms with Crippen LogP contribution in [0, 0.1) is 0 Å². The second kappa shape index (κ2) is 9.01. The average molecular weight is 543 g/mol. The molecule has 2 aromatic carbocycles. The van der Waals surface area contributed by atoms with E-state index in [-0.39, 0.29) is 15.9 Å². The van der Waals surface area contributed by atoms with Crippen LogP contribution in [0.2, 0.25) is 0 Å². The van der Waals surface area contributed by atoms with E-state index < -0.39 is 23.4 Å². The third kappa shape index (κ3) is 4.51. The molecular formula is C25H27BrN4O5. The molecule has 2 heterocycles. The lowest BCUT2D eigenvalue weighted by Crippen LogP contribution is -2.73. The largest absolute Gasteiger partial charge is 0.498 e. The van der Waals surface area contributed by atoms with Crippen LogP contribution in [-0.2, 0) is 0 Å². The number of amides is 3. The molecule has 3 N–H and O–H groups in total. The first-order valence-electron chi connectivity index (χ1n) is 11.2. The third-order valence-corrected chi connectivity index (χ3v) is 7.24. The fourth-order valence-corrected chi connectivity index (χ4v) is 4.93. The molecule has 1 aliphatic rings. The van der Waals surface area contributed by atoms with Crippen molar-refractivity contribution < 1.29 is 28.4 Å². The van der Waals surface area contributed by atoms with Crippen LogP contribution in [0.4, 0.5) is 16.2 Å². The fourth-order valence-electron chi connectivity index (χ4n) is 4.57. The van der Waals surface area contributed by atoms with Crippen LogP contribution >= 0.6 is 15.9 Å². The highest BCUT2D eigenvalue weighted by molar-refractivity contribution is 9.10. The number of anilines is 2. The number of benzene rings is 2. The van der Waals surface area contributed by atoms with E-state index in [1.165, 1.54) is 0 Å². The monoisotopic (exact) mass is 542 g/mol. The standard InChI is InChI=1S/C25H27BrN4O5/c1-25(2,3)30(24(33)34)12-10-29(11-13-30)17-7-4-15(5-8-17)23(32)28-20-18-14-16(26)6-9-19(18)35-21(20)22(27)31/h4-9,14H,10-13H2,1-3H3,(H3-,27,28,31,32,33,34). The normalized spacial score (nSPS) is 15.7. The summed E-state index contributed by atoms with van der Waals surface area (Å²) in [5.74, 6) is -1.32. The summed E-state index contributed by atoms with van der Waals surface area (Å²) < 4.78 is 6.21. The summed E-state index contributed by atoms with van der Waals surface area (Å²) in [6.07, 6.45) is -1.06. The first kappa shape index (κ1) is 24.7. The number of nitrogens with zero attached hydrogens (tertiary/aromatic N) is 2. The predicted molar refractivity (Wildman–Crippen MR) is 134 cm³/mol. The van der Waals surface area contributed by atoms with E-state index in [0.717, 1.165) is 10.2 Å². The summed E-state index contributed by atoms with van der Waals surface area (Å²) in [6, 6.07) is 12.2. The molecule has 1 fully saturated rings. The zero-order valence-electron chi connectivity index (χ0n) is 19.8. The molecule has 0 aliphatic carbocycles. The smallest absolute Gasteiger partial charge is 0.286 e. The summed E-state index contributed by atoms with van der Waals surface area (Å²) in [7, 11) is 0. The molecule has 0 bridgehead atoms. The minimum absolute atomic E-state index is 0.0963. The van der Waals surface area contributed by atoms with Gasteiger partial charge in [0.05, 0.1) is 18.6 Å². The Morgan fingerprint density at radius 3 is 2.26 bits per heavy atom. The van der Waals surface area contributed by atoms with Crippen LogP contribution in [0.1, 0.15) is 41.7 Å². The Morgan fingerprint density at radius 2 is 1.71 bits per heavy atom. The van der Waals surface area contributed by atoms with E-state index in [9.17, 15) is 19.5 Å². The molecule has 3 amide bonds. The van der Waals surface area contributed by atoms with Crippen LogP contribution in [0.15, 0.2) is 51.4 Å². The second-order valence-electron chi connectivity index (χ2n) is 9.65. The Morgan fingerprint density at radius 1 is 1.09 bits per heavy atom. The van der Waals surface area contributed by atoms with Gasteiger partial charge >= 0.3 is 0 Å². The highest BCUT2D eigenvalue weighted by Crippen LogP contribution is 2.33. The molecule has 1 aromatic heterocycles. The molecule has 0 saturated carbocycles. The van der Waals surface area contributed by atoms with Crippen molar-refractivity contribution in [2.45, 2.75) is 26.3 Å². The van der Waals surface area contributed by atoms with Crippen LogP contribution in [0.3, 0.4) is 0 Å². The lowest BCUT2D eigenvalue weighted by atomic mass is 10.00. The topological polar surface area (TPSA) is 129 Å². The number of carboxylic acid groups (broad SMARTS) is 1. The van der Waals surface area contributed by atoms with Crippen molar-refractivity contribution in [3.63, 3.8) is 0 Å². The van der Waals surface area contributed by atoms with Crippen LogP contribution in [0.25, 0.3) is 11.0 Å². The van der Waals surface area contributed by atoms with E-state index in [0.29, 0.717) is 42.7 Å². The molecule has 0 spiro atoms. The quantitative estimate of drug-likeness (QED) is 0.486. The average Bonchev–Trinajstić information content (AvgIpc) is 3.16. The number of hydrogen-bond donors (Lipinski definition) is 2. The number of carbonyl (C=O) groups excluding carboxylic acids is 3. The van der Waals surface area contributed by atoms with E-state index in [1.54, 1.807) is 30.3 Å². The minimum atomic E-state index is -1.06. The zero-order chi connectivity index (χ0) is 25.5. The highest BCUT2D eigenvalue weighted by Gasteiger charge is 2.45. The molecule has 35 heavy (non-hydrogen) atoms. The number of furan rings is 1. The number of carbonyl (C=O) groups is 3. The Labute approximate surface area is 211 Å². The lowest BCUT2D eigenvalue weighted by Gasteiger charge is -2.52. The number of nitrogens with two attached hydrogens (primary N) is 1. The number of quaternary nitrogens is 1. The predicted octanol–water partition coefficient (Wildman–Crippen LogP) is 3.33. The van der Waals surface area contributed by atoms with Gasteiger partial charge in [0.1, 0.15) is 24.4 Å². The third-order valence-electron chi connectivity index (χ3n) is 6.74. The van der Waals surface area contributed by atoms with E-state index in [4.69, 9.17) is 10.2 Å². The number of halogens is 1. The molecule has 1 aliphatic heterocycles. The van der Waals surface area contributed by atoms with Gasteiger partial charge in [0.15, 0.2) is 0 Å². The molecule has 184 valence electrons. The molecule has 0 atom stereocenters. The van der Waals surface area contributed by atoms with Crippen LogP contribution in [0.5, 0.6) is 0 Å². The van der Waals surface area contributed by atoms with Gasteiger partial charge in [0, 0.05) is 21.1 Å². The maximum atomic E-state index is 13.0. The van der Waals surface area contributed by atoms with Crippen molar-refractivity contribution in [1.82, 2.24) is 0 Å². The summed E-state index contributed by atoms with van der Waals surface area (Å²) in [5.41, 5.74) is 6.92. The van der Waals surface area contributed by atoms with Gasteiger partial charge in [-0.1, -0.05) is 15.9 Å². The molecule has 0 unspecified atom stereocenters. The van der Waals surface area contributed by atoms with Crippen molar-refractivity contribution in [2.75, 3.05) is 36.4 Å². The van der Waals surface area contributed by atoms with Crippen molar-refractivity contribution in [2.24, 2.45) is 5.73 Å². The van der Waals surface area contributed by atoms with E-state index in [1.807, 2.05) is 32.9 Å². The van der Waals surface area contributed by atoms with Crippen LogP contribution < -0.4 is 21.1 Å². The Bertz CT molecular complexity index is 1300. The number of piperazine rings is 1. The number of primary amides is 1. The van der Waals surface area contributed by atoms with Gasteiger partial charge in [-0.15, -0.1) is 0 Å². The molecular weight excluding hydrogens is 516 g/mol. The van der Waals surface area contributed by atoms with Gasteiger partial charge in [-0.2, -0.15) is 0 Å². The Balaban J connectivity index is 1.51. The first-order chi connectivity index (χ1) is 16.4. The van der Waals surface area contributed by atoms with E-state index in [2.05, 4.69) is 26.1 Å². The van der Waals surface area contributed by atoms with E-state index >= 15 is 0 Å². The maximum absolute atomic E-state index is 13.0. The second-order valence-corrected chi connectivity index (χ2v) is 10.6. The zero-order valence-corrected chi connectivity index (χ0v) is 21.3. The first-order valence-corrected chi connectivity index (χ1v) is 12.0. The highest BCUT2D eigenvalue weighted by atomic mass is 79.9. The summed E-state index contributed by atoms with van der Waals surface area (Å²) in [4.78, 5) is 38.9. The van der Waals surface area contributed by atoms with Gasteiger partial charge in [-0.05, 0) is 63.2 Å². The molecule has 3 aromatic rings. The number of nitrogens with one attached hydrogen (secondary N) is 1. The van der Waals surface area contributed by atoms with Gasteiger partial charge < -0.3 is 30.3 Å². The summed E-state index contributed by atoms with van der Waals surface area (Å²) in [5, 5.41) is 15.3. The molecule has 4 rings (SSSR count). The molecule has 1 saturated heterocycles. The van der Waals surface area contributed by atoms with Crippen LogP contribution in [-0.4, -0.2) is 54.1 Å².